The summed E-state index contributed by atoms with van der Waals surface area (Å²) in [6.45, 7) is 4.14. The zero-order valence-electron chi connectivity index (χ0n) is 15.6. The number of hydrogen-bond donors (Lipinski definition) is 2. The average Bonchev–Trinajstić information content (AvgIpc) is 2.66. The van der Waals surface area contributed by atoms with Gasteiger partial charge < -0.3 is 10.6 Å². The monoisotopic (exact) mass is 394 g/mol. The fraction of sp³-hybridized carbons (Fsp3) is 0.455. The van der Waals surface area contributed by atoms with Crippen LogP contribution < -0.4 is 10.6 Å². The Morgan fingerprint density at radius 1 is 0.692 bits per heavy atom. The third kappa shape index (κ3) is 6.92. The molecule has 1 aliphatic carbocycles. The van der Waals surface area contributed by atoms with Crippen molar-refractivity contribution in [3.63, 3.8) is 0 Å². The van der Waals surface area contributed by atoms with E-state index >= 15 is 0 Å². The molecule has 0 amide bonds. The van der Waals surface area contributed by atoms with Gasteiger partial charge in [-0.25, -0.2) is 0 Å². The summed E-state index contributed by atoms with van der Waals surface area (Å²) in [5, 5.41) is 7.58. The normalized spacial score (nSPS) is 19.3. The van der Waals surface area contributed by atoms with Gasteiger partial charge in [-0.15, -0.1) is 24.8 Å². The van der Waals surface area contributed by atoms with Crippen molar-refractivity contribution in [3.8, 4) is 0 Å². The fourth-order valence-electron chi connectivity index (χ4n) is 3.61. The maximum absolute atomic E-state index is 3.80. The molecule has 0 saturated heterocycles. The Kier molecular flexibility index (Phi) is 10.9. The number of benzene rings is 2. The van der Waals surface area contributed by atoms with Crippen molar-refractivity contribution < 1.29 is 0 Å². The smallest absolute Gasteiger partial charge is 0.0224 e. The predicted octanol–water partition coefficient (Wildman–Crippen LogP) is 5.28. The summed E-state index contributed by atoms with van der Waals surface area (Å²) in [5.41, 5.74) is 4.18. The molecule has 2 N–H and O–H groups in total. The summed E-state index contributed by atoms with van der Waals surface area (Å²) in [6, 6.07) is 20.9. The van der Waals surface area contributed by atoms with Gasteiger partial charge in [0.05, 0.1) is 0 Å². The molecule has 2 aromatic rings. The van der Waals surface area contributed by atoms with E-state index in [-0.39, 0.29) is 24.8 Å². The molecule has 3 rings (SSSR count). The van der Waals surface area contributed by atoms with Gasteiger partial charge in [0.1, 0.15) is 0 Å². The highest BCUT2D eigenvalue weighted by Gasteiger charge is 2.24. The molecule has 0 spiro atoms. The Balaban J connectivity index is 0.00000169. The molecule has 2 unspecified atom stereocenters. The summed E-state index contributed by atoms with van der Waals surface area (Å²) >= 11 is 0. The molecule has 26 heavy (non-hydrogen) atoms. The van der Waals surface area contributed by atoms with Crippen LogP contribution in [0.25, 0.3) is 0 Å². The summed E-state index contributed by atoms with van der Waals surface area (Å²) < 4.78 is 0. The summed E-state index contributed by atoms with van der Waals surface area (Å²) in [7, 11) is 0. The van der Waals surface area contributed by atoms with Gasteiger partial charge in [0.2, 0.25) is 0 Å². The van der Waals surface area contributed by atoms with Crippen molar-refractivity contribution in [1.82, 2.24) is 10.6 Å². The molecule has 1 saturated carbocycles. The molecule has 2 atom stereocenters. The number of aryl methyl sites for hydroxylation is 1. The second-order valence-electron chi connectivity index (χ2n) is 6.91. The molecule has 1 fully saturated rings. The minimum atomic E-state index is 0. The van der Waals surface area contributed by atoms with E-state index in [1.807, 2.05) is 0 Å². The molecule has 0 radical (unpaired) electrons. The molecule has 4 heteroatoms. The zero-order chi connectivity index (χ0) is 16.6. The first-order chi connectivity index (χ1) is 11.8. The van der Waals surface area contributed by atoms with Crippen LogP contribution in [0, 0.1) is 0 Å². The van der Waals surface area contributed by atoms with Crippen LogP contribution in [-0.4, -0.2) is 12.1 Å². The quantitative estimate of drug-likeness (QED) is 0.666. The summed E-state index contributed by atoms with van der Waals surface area (Å²) in [4.78, 5) is 0. The minimum absolute atomic E-state index is 0. The fourth-order valence-corrected chi connectivity index (χ4v) is 3.61. The van der Waals surface area contributed by atoms with Gasteiger partial charge in [-0.1, -0.05) is 74.4 Å². The van der Waals surface area contributed by atoms with Gasteiger partial charge in [-0.3, -0.25) is 0 Å². The topological polar surface area (TPSA) is 24.1 Å². The van der Waals surface area contributed by atoms with Crippen LogP contribution in [0.4, 0.5) is 0 Å². The summed E-state index contributed by atoms with van der Waals surface area (Å²) in [5.74, 6) is 0. The lowest BCUT2D eigenvalue weighted by molar-refractivity contribution is 0.281. The van der Waals surface area contributed by atoms with Crippen molar-refractivity contribution in [1.29, 1.82) is 0 Å². The molecule has 0 aliphatic heterocycles. The van der Waals surface area contributed by atoms with E-state index in [9.17, 15) is 0 Å². The Bertz CT molecular complexity index is 601. The number of rotatable bonds is 7. The van der Waals surface area contributed by atoms with Crippen LogP contribution in [0.5, 0.6) is 0 Å². The van der Waals surface area contributed by atoms with Gasteiger partial charge in [-0.2, -0.15) is 0 Å². The van der Waals surface area contributed by atoms with Crippen molar-refractivity contribution in [2.75, 3.05) is 0 Å². The van der Waals surface area contributed by atoms with Crippen molar-refractivity contribution in [2.24, 2.45) is 0 Å². The van der Waals surface area contributed by atoms with E-state index in [0.717, 1.165) is 19.5 Å². The first-order valence-electron chi connectivity index (χ1n) is 9.43. The lowest BCUT2D eigenvalue weighted by Gasteiger charge is -2.33. The lowest BCUT2D eigenvalue weighted by atomic mass is 9.90. The molecule has 2 nitrogen and oxygen atoms in total. The van der Waals surface area contributed by atoms with E-state index in [1.54, 1.807) is 0 Å². The molecule has 0 bridgehead atoms. The Morgan fingerprint density at radius 3 is 1.65 bits per heavy atom. The second kappa shape index (κ2) is 12.3. The lowest BCUT2D eigenvalue weighted by Crippen LogP contribution is -2.49. The van der Waals surface area contributed by atoms with Crippen LogP contribution in [-0.2, 0) is 19.5 Å². The van der Waals surface area contributed by atoms with Gasteiger partial charge in [-0.05, 0) is 36.0 Å². The van der Waals surface area contributed by atoms with Crippen LogP contribution >= 0.6 is 24.8 Å². The SMILES string of the molecule is CCc1ccc(CNC2CCCCC2NCc2ccccc2)cc1.Cl.Cl. The molecule has 144 valence electrons. The Labute approximate surface area is 171 Å². The minimum Gasteiger partial charge on any atom is -0.308 e. The van der Waals surface area contributed by atoms with Crippen molar-refractivity contribution in [3.05, 3.63) is 71.3 Å². The standard InChI is InChI=1S/C22H30N2.2ClH/c1-2-18-12-14-20(15-13-18)17-24-22-11-7-6-10-21(22)23-16-19-8-4-3-5-9-19;;/h3-5,8-9,12-15,21-24H,2,6-7,10-11,16-17H2,1H3;2*1H. The van der Waals surface area contributed by atoms with E-state index < -0.39 is 0 Å². The highest BCUT2D eigenvalue weighted by atomic mass is 35.5. The largest absolute Gasteiger partial charge is 0.308 e. The second-order valence-corrected chi connectivity index (χ2v) is 6.91. The Morgan fingerprint density at radius 2 is 1.15 bits per heavy atom. The van der Waals surface area contributed by atoms with Gasteiger partial charge in [0, 0.05) is 25.2 Å². The maximum atomic E-state index is 3.80. The molecule has 1 aliphatic rings. The van der Waals surface area contributed by atoms with Gasteiger partial charge >= 0.3 is 0 Å². The molecule has 0 heterocycles. The molecular formula is C22H32Cl2N2. The van der Waals surface area contributed by atoms with Crippen molar-refractivity contribution in [2.45, 2.75) is 64.2 Å². The third-order valence-electron chi connectivity index (χ3n) is 5.18. The first-order valence-corrected chi connectivity index (χ1v) is 9.43. The highest BCUT2D eigenvalue weighted by molar-refractivity contribution is 5.85. The first kappa shape index (κ1) is 23.0. The maximum Gasteiger partial charge on any atom is 0.0224 e. The molecular weight excluding hydrogens is 363 g/mol. The molecule has 0 aromatic heterocycles. The summed E-state index contributed by atoms with van der Waals surface area (Å²) in [6.07, 6.45) is 6.35. The highest BCUT2D eigenvalue weighted by Crippen LogP contribution is 2.20. The Hall–Kier alpha value is -1.06. The van der Waals surface area contributed by atoms with Crippen LogP contribution in [0.3, 0.4) is 0 Å². The van der Waals surface area contributed by atoms with Crippen LogP contribution in [0.15, 0.2) is 54.6 Å². The third-order valence-corrected chi connectivity index (χ3v) is 5.18. The van der Waals surface area contributed by atoms with E-state index in [4.69, 9.17) is 0 Å². The average molecular weight is 395 g/mol. The van der Waals surface area contributed by atoms with Crippen molar-refractivity contribution >= 4 is 24.8 Å². The number of hydrogen-bond acceptors (Lipinski definition) is 2. The van der Waals surface area contributed by atoms with Gasteiger partial charge in [0.25, 0.3) is 0 Å². The number of nitrogens with one attached hydrogen (secondary N) is 2. The predicted molar refractivity (Wildman–Crippen MR) is 116 cm³/mol. The van der Waals surface area contributed by atoms with E-state index in [1.165, 1.54) is 42.4 Å². The molecule has 2 aromatic carbocycles. The van der Waals surface area contributed by atoms with E-state index in [0.29, 0.717) is 12.1 Å². The van der Waals surface area contributed by atoms with Crippen LogP contribution in [0.2, 0.25) is 0 Å². The van der Waals surface area contributed by atoms with Crippen LogP contribution in [0.1, 0.15) is 49.3 Å². The van der Waals surface area contributed by atoms with E-state index in [2.05, 4.69) is 72.2 Å². The zero-order valence-corrected chi connectivity index (χ0v) is 17.3. The van der Waals surface area contributed by atoms with Gasteiger partial charge in [0.15, 0.2) is 0 Å². The number of halogens is 2.